The summed E-state index contributed by atoms with van der Waals surface area (Å²) in [6, 6.07) is 18.2. The number of nitrogens with one attached hydrogen (secondary N) is 1. The number of hydrogen-bond donors (Lipinski definition) is 2. The maximum absolute atomic E-state index is 13.2. The second-order valence-electron chi connectivity index (χ2n) is 9.96. The molecule has 0 atom stereocenters. The molecule has 0 fully saturated rings. The number of carboxylic acids is 1. The van der Waals surface area contributed by atoms with E-state index in [0.29, 0.717) is 30.3 Å². The molecule has 0 spiro atoms. The fraction of sp³-hybridized carbons (Fsp3) is 0.212. The zero-order valence-corrected chi connectivity index (χ0v) is 26.6. The molecule has 13 heteroatoms. The summed E-state index contributed by atoms with van der Waals surface area (Å²) in [6.07, 6.45) is 5.34. The Bertz CT molecular complexity index is 1790. The third-order valence-corrected chi connectivity index (χ3v) is 8.26. The van der Waals surface area contributed by atoms with Crippen LogP contribution in [0.1, 0.15) is 37.6 Å². The Morgan fingerprint density at radius 3 is 2.17 bits per heavy atom. The van der Waals surface area contributed by atoms with Crippen molar-refractivity contribution in [2.45, 2.75) is 26.2 Å². The fourth-order valence-electron chi connectivity index (χ4n) is 4.36. The molecule has 2 N–H and O–H groups in total. The average molecular weight is 663 g/mol. The lowest BCUT2D eigenvalue weighted by Gasteiger charge is -2.17. The fourth-order valence-corrected chi connectivity index (χ4v) is 5.39. The number of ether oxygens (including phenoxy) is 4. The molecule has 0 unspecified atom stereocenters. The van der Waals surface area contributed by atoms with Crippen LogP contribution in [0.25, 0.3) is 10.6 Å². The summed E-state index contributed by atoms with van der Waals surface area (Å²) in [5, 5.41) is 17.1. The van der Waals surface area contributed by atoms with Gasteiger partial charge in [0.1, 0.15) is 34.6 Å². The van der Waals surface area contributed by atoms with Crippen molar-refractivity contribution in [2.24, 2.45) is 0 Å². The van der Waals surface area contributed by atoms with Crippen LogP contribution in [-0.4, -0.2) is 52.5 Å². The first-order valence-corrected chi connectivity index (χ1v) is 15.4. The predicted molar refractivity (Wildman–Crippen MR) is 173 cm³/mol. The highest BCUT2D eigenvalue weighted by atomic mass is 35.5. The number of nitrogens with zero attached hydrogens (tertiary/aromatic N) is 3. The van der Waals surface area contributed by atoms with Crippen molar-refractivity contribution >= 4 is 34.8 Å². The molecular formula is C33H31ClN4O7S. The molecular weight excluding hydrogens is 632 g/mol. The smallest absolute Gasteiger partial charge is 0.347 e. The number of carbonyl (C=O) groups excluding carboxylic acids is 1. The summed E-state index contributed by atoms with van der Waals surface area (Å²) in [5.41, 5.74) is 2.78. The molecule has 3 aromatic carbocycles. The Balaban J connectivity index is 1.23. The van der Waals surface area contributed by atoms with Crippen LogP contribution in [0.4, 0.5) is 0 Å². The van der Waals surface area contributed by atoms with Crippen molar-refractivity contribution in [1.29, 1.82) is 0 Å². The van der Waals surface area contributed by atoms with Gasteiger partial charge in [0.05, 0.1) is 37.2 Å². The summed E-state index contributed by atoms with van der Waals surface area (Å²) in [7, 11) is 3.21. The van der Waals surface area contributed by atoms with Gasteiger partial charge in [0.15, 0.2) is 11.5 Å². The van der Waals surface area contributed by atoms with Gasteiger partial charge >= 0.3 is 5.97 Å². The van der Waals surface area contributed by atoms with Gasteiger partial charge in [-0.1, -0.05) is 35.9 Å². The normalized spacial score (nSPS) is 10.8. The number of benzene rings is 3. The summed E-state index contributed by atoms with van der Waals surface area (Å²) in [4.78, 5) is 28.6. The molecule has 0 saturated carbocycles. The van der Waals surface area contributed by atoms with Gasteiger partial charge in [0.25, 0.3) is 5.91 Å². The number of rotatable bonds is 15. The van der Waals surface area contributed by atoms with Gasteiger partial charge in [0, 0.05) is 24.8 Å². The number of aromatic nitrogens is 3. The van der Waals surface area contributed by atoms with E-state index in [1.165, 1.54) is 6.20 Å². The molecule has 1 amide bonds. The summed E-state index contributed by atoms with van der Waals surface area (Å²) in [5.74, 6) is 0.759. The van der Waals surface area contributed by atoms with E-state index in [1.54, 1.807) is 43.4 Å². The van der Waals surface area contributed by atoms with Crippen LogP contribution in [0, 0.1) is 0 Å². The van der Waals surface area contributed by atoms with Gasteiger partial charge in [-0.3, -0.25) is 9.48 Å². The number of hydrogen-bond acceptors (Lipinski definition) is 9. The van der Waals surface area contributed by atoms with E-state index in [4.69, 9.17) is 35.7 Å². The Kier molecular flexibility index (Phi) is 10.7. The van der Waals surface area contributed by atoms with Crippen LogP contribution in [0.15, 0.2) is 79.3 Å². The van der Waals surface area contributed by atoms with E-state index < -0.39 is 5.97 Å². The van der Waals surface area contributed by atoms with Crippen molar-refractivity contribution in [3.05, 3.63) is 106 Å². The second kappa shape index (κ2) is 15.3. The number of aromatic carboxylic acids is 1. The SMILES string of the molecule is COc1ccc(COc2ccc(C(=O)NCCCn3cc(-c4ncc(C(=O)O)s4)cn3)c(Cl)c2OCc2ccc(OC)cc2)cc1. The van der Waals surface area contributed by atoms with Crippen molar-refractivity contribution in [2.75, 3.05) is 20.8 Å². The number of methoxy groups -OCH3 is 2. The van der Waals surface area contributed by atoms with E-state index in [-0.39, 0.29) is 40.3 Å². The van der Waals surface area contributed by atoms with E-state index in [9.17, 15) is 9.59 Å². The Morgan fingerprint density at radius 2 is 1.57 bits per heavy atom. The van der Waals surface area contributed by atoms with Crippen molar-refractivity contribution in [3.63, 3.8) is 0 Å². The third kappa shape index (κ3) is 8.14. The number of halogens is 1. The van der Waals surface area contributed by atoms with Crippen molar-refractivity contribution < 1.29 is 33.6 Å². The summed E-state index contributed by atoms with van der Waals surface area (Å²) >= 11 is 7.86. The molecule has 238 valence electrons. The van der Waals surface area contributed by atoms with Crippen LogP contribution in [0.5, 0.6) is 23.0 Å². The Hall–Kier alpha value is -5.07. The molecule has 2 aromatic heterocycles. The molecule has 0 aliphatic carbocycles. The molecule has 0 radical (unpaired) electrons. The molecule has 0 bridgehead atoms. The van der Waals surface area contributed by atoms with Gasteiger partial charge in [-0.25, -0.2) is 9.78 Å². The first kappa shape index (κ1) is 32.3. The van der Waals surface area contributed by atoms with E-state index >= 15 is 0 Å². The minimum absolute atomic E-state index is 0.138. The number of carbonyl (C=O) groups is 2. The van der Waals surface area contributed by atoms with Crippen LogP contribution in [0.3, 0.4) is 0 Å². The van der Waals surface area contributed by atoms with Gasteiger partial charge in [-0.15, -0.1) is 11.3 Å². The first-order chi connectivity index (χ1) is 22.3. The Morgan fingerprint density at radius 1 is 0.913 bits per heavy atom. The number of thiazole rings is 1. The van der Waals surface area contributed by atoms with Gasteiger partial charge in [-0.05, 0) is 53.9 Å². The maximum Gasteiger partial charge on any atom is 0.347 e. The van der Waals surface area contributed by atoms with E-state index in [0.717, 1.165) is 39.5 Å². The van der Waals surface area contributed by atoms with Gasteiger partial charge in [0.2, 0.25) is 0 Å². The first-order valence-electron chi connectivity index (χ1n) is 14.2. The van der Waals surface area contributed by atoms with Crippen LogP contribution >= 0.6 is 22.9 Å². The van der Waals surface area contributed by atoms with E-state index in [1.807, 2.05) is 48.5 Å². The number of amides is 1. The van der Waals surface area contributed by atoms with Crippen LogP contribution < -0.4 is 24.3 Å². The lowest BCUT2D eigenvalue weighted by molar-refractivity contribution is 0.0701. The molecule has 0 aliphatic rings. The minimum atomic E-state index is -1.02. The van der Waals surface area contributed by atoms with Crippen molar-refractivity contribution in [3.8, 4) is 33.6 Å². The maximum atomic E-state index is 13.2. The predicted octanol–water partition coefficient (Wildman–Crippen LogP) is 6.35. The monoisotopic (exact) mass is 662 g/mol. The second-order valence-corrected chi connectivity index (χ2v) is 11.4. The highest BCUT2D eigenvalue weighted by Gasteiger charge is 2.20. The van der Waals surface area contributed by atoms with Gasteiger partial charge < -0.3 is 29.4 Å². The highest BCUT2D eigenvalue weighted by molar-refractivity contribution is 7.16. The molecule has 0 aliphatic heterocycles. The average Bonchev–Trinajstić information content (AvgIpc) is 3.76. The minimum Gasteiger partial charge on any atom is -0.497 e. The summed E-state index contributed by atoms with van der Waals surface area (Å²) < 4.78 is 24.4. The highest BCUT2D eigenvalue weighted by Crippen LogP contribution is 2.39. The zero-order valence-electron chi connectivity index (χ0n) is 25.1. The lowest BCUT2D eigenvalue weighted by atomic mass is 10.1. The molecule has 0 saturated heterocycles. The third-order valence-electron chi connectivity index (χ3n) is 6.85. The van der Waals surface area contributed by atoms with Crippen LogP contribution in [0.2, 0.25) is 5.02 Å². The molecule has 5 rings (SSSR count). The topological polar surface area (TPSA) is 134 Å². The lowest BCUT2D eigenvalue weighted by Crippen LogP contribution is -2.25. The standard InChI is InChI=1S/C33H31ClN4O7S/c1-42-24-8-4-21(5-9-24)19-44-27-13-12-26(29(34)30(27)45-20-22-6-10-25(43-2)11-7-22)31(39)35-14-3-15-38-18-23(16-37-38)32-36-17-28(46-32)33(40)41/h4-13,16-18H,3,14-15,19-20H2,1-2H3,(H,35,39)(H,40,41). The largest absolute Gasteiger partial charge is 0.497 e. The quantitative estimate of drug-likeness (QED) is 0.123. The van der Waals surface area contributed by atoms with Gasteiger partial charge in [-0.2, -0.15) is 5.10 Å². The van der Waals surface area contributed by atoms with Crippen molar-refractivity contribution in [1.82, 2.24) is 20.1 Å². The molecule has 2 heterocycles. The number of carboxylic acid groups (broad SMARTS) is 1. The number of aryl methyl sites for hydroxylation is 1. The summed E-state index contributed by atoms with van der Waals surface area (Å²) in [6.45, 7) is 1.34. The molecule has 11 nitrogen and oxygen atoms in total. The molecule has 5 aromatic rings. The zero-order chi connectivity index (χ0) is 32.5. The molecule has 46 heavy (non-hydrogen) atoms. The van der Waals surface area contributed by atoms with E-state index in [2.05, 4.69) is 15.4 Å². The Labute approximate surface area is 274 Å². The van der Waals surface area contributed by atoms with Crippen LogP contribution in [-0.2, 0) is 19.8 Å².